The Kier molecular flexibility index (Phi) is 3.64. The van der Waals surface area contributed by atoms with Gasteiger partial charge in [-0.25, -0.2) is 9.37 Å². The number of nitrogens with zero attached hydrogens (tertiary/aromatic N) is 1. The lowest BCUT2D eigenvalue weighted by molar-refractivity contribution is 0.0954. The maximum absolute atomic E-state index is 12.8. The van der Waals surface area contributed by atoms with Gasteiger partial charge < -0.3 is 9.73 Å². The van der Waals surface area contributed by atoms with Gasteiger partial charge in [0.1, 0.15) is 11.3 Å². The molecule has 0 spiro atoms. The van der Waals surface area contributed by atoms with Crippen LogP contribution in [0.5, 0.6) is 0 Å². The van der Waals surface area contributed by atoms with E-state index in [1.54, 1.807) is 30.3 Å². The molecular weight excluding hydrogens is 271 g/mol. The molecule has 0 bridgehead atoms. The van der Waals surface area contributed by atoms with Crippen molar-refractivity contribution in [2.45, 2.75) is 6.42 Å². The van der Waals surface area contributed by atoms with E-state index in [0.717, 1.165) is 5.56 Å². The molecule has 106 valence electrons. The molecule has 1 N–H and O–H groups in total. The first-order valence-electron chi connectivity index (χ1n) is 6.58. The zero-order valence-corrected chi connectivity index (χ0v) is 11.2. The van der Waals surface area contributed by atoms with Crippen LogP contribution >= 0.6 is 0 Å². The third-order valence-corrected chi connectivity index (χ3v) is 3.21. The SMILES string of the molecule is O=C(NCCc1ccc(F)cc1)c1ccc2ocnc2c1. The quantitative estimate of drug-likeness (QED) is 0.801. The van der Waals surface area contributed by atoms with E-state index in [1.807, 2.05) is 0 Å². The minimum atomic E-state index is -0.260. The number of carbonyl (C=O) groups is 1. The Bertz CT molecular complexity index is 765. The Labute approximate surface area is 120 Å². The van der Waals surface area contributed by atoms with E-state index in [2.05, 4.69) is 10.3 Å². The molecule has 0 atom stereocenters. The number of benzene rings is 2. The molecule has 1 aromatic heterocycles. The average molecular weight is 284 g/mol. The first-order chi connectivity index (χ1) is 10.2. The van der Waals surface area contributed by atoms with Crippen molar-refractivity contribution in [3.8, 4) is 0 Å². The molecule has 0 aliphatic heterocycles. The Balaban J connectivity index is 1.59. The predicted molar refractivity (Wildman–Crippen MR) is 76.4 cm³/mol. The highest BCUT2D eigenvalue weighted by molar-refractivity contribution is 5.97. The lowest BCUT2D eigenvalue weighted by Gasteiger charge is -2.05. The molecule has 0 saturated heterocycles. The van der Waals surface area contributed by atoms with E-state index in [-0.39, 0.29) is 11.7 Å². The van der Waals surface area contributed by atoms with E-state index in [9.17, 15) is 9.18 Å². The fourth-order valence-corrected chi connectivity index (χ4v) is 2.07. The molecule has 0 aliphatic rings. The number of fused-ring (bicyclic) bond motifs is 1. The van der Waals surface area contributed by atoms with Gasteiger partial charge in [-0.2, -0.15) is 0 Å². The maximum Gasteiger partial charge on any atom is 0.251 e. The van der Waals surface area contributed by atoms with Crippen LogP contribution in [0.1, 0.15) is 15.9 Å². The number of halogens is 1. The van der Waals surface area contributed by atoms with Crippen LogP contribution in [0.25, 0.3) is 11.1 Å². The van der Waals surface area contributed by atoms with Gasteiger partial charge in [-0.3, -0.25) is 4.79 Å². The Morgan fingerprint density at radius 3 is 2.81 bits per heavy atom. The summed E-state index contributed by atoms with van der Waals surface area (Å²) in [4.78, 5) is 16.0. The van der Waals surface area contributed by atoms with E-state index in [4.69, 9.17) is 4.42 Å². The minimum absolute atomic E-state index is 0.165. The fourth-order valence-electron chi connectivity index (χ4n) is 2.07. The van der Waals surface area contributed by atoms with Gasteiger partial charge in [0.05, 0.1) is 0 Å². The zero-order chi connectivity index (χ0) is 14.7. The lowest BCUT2D eigenvalue weighted by atomic mass is 10.1. The second kappa shape index (κ2) is 5.75. The second-order valence-electron chi connectivity index (χ2n) is 4.67. The fraction of sp³-hybridized carbons (Fsp3) is 0.125. The summed E-state index contributed by atoms with van der Waals surface area (Å²) in [6.07, 6.45) is 2.00. The first-order valence-corrected chi connectivity index (χ1v) is 6.58. The molecule has 0 aliphatic carbocycles. The molecule has 2 aromatic carbocycles. The third-order valence-electron chi connectivity index (χ3n) is 3.21. The maximum atomic E-state index is 12.8. The Morgan fingerprint density at radius 1 is 1.19 bits per heavy atom. The van der Waals surface area contributed by atoms with Crippen molar-refractivity contribution in [1.29, 1.82) is 0 Å². The van der Waals surface area contributed by atoms with Crippen LogP contribution in [-0.2, 0) is 6.42 Å². The molecule has 0 unspecified atom stereocenters. The summed E-state index contributed by atoms with van der Waals surface area (Å²) in [5.74, 6) is -0.425. The molecule has 0 saturated carbocycles. The van der Waals surface area contributed by atoms with Crippen molar-refractivity contribution in [2.75, 3.05) is 6.54 Å². The molecule has 21 heavy (non-hydrogen) atoms. The van der Waals surface area contributed by atoms with E-state index < -0.39 is 0 Å². The summed E-state index contributed by atoms with van der Waals surface area (Å²) in [5, 5.41) is 2.83. The van der Waals surface area contributed by atoms with Gasteiger partial charge >= 0.3 is 0 Å². The molecule has 3 aromatic rings. The highest BCUT2D eigenvalue weighted by Crippen LogP contribution is 2.14. The van der Waals surface area contributed by atoms with E-state index in [1.165, 1.54) is 18.5 Å². The van der Waals surface area contributed by atoms with Gasteiger partial charge in [0.15, 0.2) is 12.0 Å². The van der Waals surface area contributed by atoms with Crippen LogP contribution in [0.3, 0.4) is 0 Å². The van der Waals surface area contributed by atoms with Crippen molar-refractivity contribution in [3.63, 3.8) is 0 Å². The van der Waals surface area contributed by atoms with Gasteiger partial charge in [-0.05, 0) is 42.3 Å². The topological polar surface area (TPSA) is 55.1 Å². The van der Waals surface area contributed by atoms with Gasteiger partial charge in [-0.1, -0.05) is 12.1 Å². The Hall–Kier alpha value is -2.69. The number of carbonyl (C=O) groups excluding carboxylic acids is 1. The zero-order valence-electron chi connectivity index (χ0n) is 11.2. The van der Waals surface area contributed by atoms with Crippen molar-refractivity contribution in [1.82, 2.24) is 10.3 Å². The smallest absolute Gasteiger partial charge is 0.251 e. The van der Waals surface area contributed by atoms with Gasteiger partial charge in [0.25, 0.3) is 5.91 Å². The largest absolute Gasteiger partial charge is 0.443 e. The monoisotopic (exact) mass is 284 g/mol. The third kappa shape index (κ3) is 3.08. The summed E-state index contributed by atoms with van der Waals surface area (Å²) < 4.78 is 17.9. The molecule has 1 heterocycles. The number of hydrogen-bond acceptors (Lipinski definition) is 3. The summed E-state index contributed by atoms with van der Waals surface area (Å²) >= 11 is 0. The second-order valence-corrected chi connectivity index (χ2v) is 4.67. The molecule has 4 nitrogen and oxygen atoms in total. The number of rotatable bonds is 4. The van der Waals surface area contributed by atoms with Crippen molar-refractivity contribution in [2.24, 2.45) is 0 Å². The van der Waals surface area contributed by atoms with Gasteiger partial charge in [-0.15, -0.1) is 0 Å². The number of nitrogens with one attached hydrogen (secondary N) is 1. The van der Waals surface area contributed by atoms with Crippen LogP contribution < -0.4 is 5.32 Å². The molecule has 0 fully saturated rings. The number of hydrogen-bond donors (Lipinski definition) is 1. The van der Waals surface area contributed by atoms with Crippen LogP contribution in [0.2, 0.25) is 0 Å². The van der Waals surface area contributed by atoms with Gasteiger partial charge in [0.2, 0.25) is 0 Å². The molecule has 1 amide bonds. The average Bonchev–Trinajstić information content (AvgIpc) is 2.96. The number of oxazole rings is 1. The van der Waals surface area contributed by atoms with Crippen LogP contribution in [0.15, 0.2) is 53.3 Å². The lowest BCUT2D eigenvalue weighted by Crippen LogP contribution is -2.25. The van der Waals surface area contributed by atoms with E-state index >= 15 is 0 Å². The van der Waals surface area contributed by atoms with Crippen LogP contribution in [0, 0.1) is 5.82 Å². The number of amides is 1. The summed E-state index contributed by atoms with van der Waals surface area (Å²) in [6.45, 7) is 0.487. The summed E-state index contributed by atoms with van der Waals surface area (Å²) in [6, 6.07) is 11.3. The van der Waals surface area contributed by atoms with Crippen LogP contribution in [-0.4, -0.2) is 17.4 Å². The molecule has 3 rings (SSSR count). The molecule has 5 heteroatoms. The molecule has 0 radical (unpaired) electrons. The molecular formula is C16H13FN2O2. The minimum Gasteiger partial charge on any atom is -0.443 e. The van der Waals surface area contributed by atoms with Crippen LogP contribution in [0.4, 0.5) is 4.39 Å². The van der Waals surface area contributed by atoms with Gasteiger partial charge in [0, 0.05) is 12.1 Å². The number of aromatic nitrogens is 1. The Morgan fingerprint density at radius 2 is 2.00 bits per heavy atom. The first kappa shape index (κ1) is 13.3. The van der Waals surface area contributed by atoms with Crippen molar-refractivity contribution < 1.29 is 13.6 Å². The summed E-state index contributed by atoms with van der Waals surface area (Å²) in [7, 11) is 0. The van der Waals surface area contributed by atoms with Crippen molar-refractivity contribution in [3.05, 3.63) is 65.8 Å². The summed E-state index contributed by atoms with van der Waals surface area (Å²) in [5.41, 5.74) is 2.82. The highest BCUT2D eigenvalue weighted by Gasteiger charge is 2.07. The standard InChI is InChI=1S/C16H13FN2O2/c17-13-4-1-11(2-5-13)7-8-18-16(20)12-3-6-15-14(9-12)19-10-21-15/h1-6,9-10H,7-8H2,(H,18,20). The predicted octanol–water partition coefficient (Wildman–Crippen LogP) is 2.94. The normalized spacial score (nSPS) is 10.7. The highest BCUT2D eigenvalue weighted by atomic mass is 19.1. The van der Waals surface area contributed by atoms with Crippen molar-refractivity contribution >= 4 is 17.0 Å². The van der Waals surface area contributed by atoms with E-state index in [0.29, 0.717) is 29.6 Å².